The van der Waals surface area contributed by atoms with Crippen LogP contribution < -0.4 is 9.16 Å². The monoisotopic (exact) mass is 578 g/mol. The molecule has 2 aliphatic rings. The molecule has 1 N–H and O–H groups in total. The van der Waals surface area contributed by atoms with Crippen molar-refractivity contribution in [2.45, 2.75) is 128 Å². The van der Waals surface area contributed by atoms with E-state index in [0.29, 0.717) is 11.8 Å². The Labute approximate surface area is 230 Å². The summed E-state index contributed by atoms with van der Waals surface area (Å²) in [5, 5.41) is 11.2. The second-order valence-electron chi connectivity index (χ2n) is 13.9. The van der Waals surface area contributed by atoms with Crippen LogP contribution >= 0.6 is 15.9 Å². The molecule has 0 fully saturated rings. The number of halogens is 1. The molecule has 0 saturated carbocycles. The zero-order valence-electron chi connectivity index (χ0n) is 24.4. The summed E-state index contributed by atoms with van der Waals surface area (Å²) in [6.45, 7) is 21.0. The summed E-state index contributed by atoms with van der Waals surface area (Å²) in [7, 11) is -2.07. The van der Waals surface area contributed by atoms with Gasteiger partial charge in [0.2, 0.25) is 8.32 Å². The molecule has 1 heterocycles. The van der Waals surface area contributed by atoms with Gasteiger partial charge in [0.25, 0.3) is 0 Å². The highest BCUT2D eigenvalue weighted by atomic mass is 79.9. The molecule has 0 aromatic heterocycles. The van der Waals surface area contributed by atoms with Crippen molar-refractivity contribution in [1.29, 1.82) is 0 Å². The molecule has 1 aromatic rings. The lowest BCUT2D eigenvalue weighted by molar-refractivity contribution is 0.00689. The predicted molar refractivity (Wildman–Crippen MR) is 160 cm³/mol. The molecular formula is C31H51BrO3Si. The quantitative estimate of drug-likeness (QED) is 0.130. The Kier molecular flexibility index (Phi) is 9.21. The molecule has 0 unspecified atom stereocenters. The maximum atomic E-state index is 9.98. The van der Waals surface area contributed by atoms with Crippen molar-refractivity contribution in [3.63, 3.8) is 0 Å². The molecule has 0 saturated heterocycles. The van der Waals surface area contributed by atoms with Crippen LogP contribution in [0.4, 0.5) is 0 Å². The zero-order chi connectivity index (χ0) is 26.9. The van der Waals surface area contributed by atoms with E-state index in [0.717, 1.165) is 41.7 Å². The summed E-state index contributed by atoms with van der Waals surface area (Å²) < 4.78 is 13.9. The number of aliphatic hydroxyl groups is 1. The molecule has 204 valence electrons. The van der Waals surface area contributed by atoms with E-state index in [1.807, 2.05) is 0 Å². The van der Waals surface area contributed by atoms with Gasteiger partial charge in [-0.05, 0) is 86.3 Å². The number of ether oxygens (including phenoxy) is 1. The average Bonchev–Trinajstić information content (AvgIpc) is 2.76. The Balaban J connectivity index is 2.08. The van der Waals surface area contributed by atoms with Crippen LogP contribution in [0.25, 0.3) is 0 Å². The first-order valence-corrected chi connectivity index (χ1v) is 18.1. The number of fused-ring (bicyclic) bond motifs is 3. The van der Waals surface area contributed by atoms with Gasteiger partial charge in [0, 0.05) is 22.7 Å². The largest absolute Gasteiger partial charge is 0.543 e. The highest BCUT2D eigenvalue weighted by molar-refractivity contribution is 9.09. The summed E-state index contributed by atoms with van der Waals surface area (Å²) in [6.07, 6.45) is 10.2. The summed E-state index contributed by atoms with van der Waals surface area (Å²) in [4.78, 5) is 0. The minimum atomic E-state index is -2.07. The van der Waals surface area contributed by atoms with Crippen molar-refractivity contribution in [1.82, 2.24) is 0 Å². The number of alkyl halides is 1. The number of benzene rings is 1. The van der Waals surface area contributed by atoms with E-state index in [-0.39, 0.29) is 22.7 Å². The van der Waals surface area contributed by atoms with Crippen LogP contribution in [0.3, 0.4) is 0 Å². The number of allylic oxidation sites excluding steroid dienone is 1. The third-order valence-electron chi connectivity index (χ3n) is 9.21. The van der Waals surface area contributed by atoms with E-state index >= 15 is 0 Å². The van der Waals surface area contributed by atoms with Crippen LogP contribution in [-0.4, -0.2) is 31.0 Å². The number of unbranched alkanes of at least 4 members (excludes halogenated alkanes) is 3. The number of rotatable bonds is 10. The van der Waals surface area contributed by atoms with E-state index in [9.17, 15) is 5.11 Å². The summed E-state index contributed by atoms with van der Waals surface area (Å²) in [6, 6.07) is 4.68. The van der Waals surface area contributed by atoms with Crippen LogP contribution in [0, 0.1) is 5.92 Å². The lowest BCUT2D eigenvalue weighted by Gasteiger charge is -2.48. The molecule has 0 spiro atoms. The fraction of sp³-hybridized carbons (Fsp3) is 0.742. The normalized spacial score (nSPS) is 21.8. The van der Waals surface area contributed by atoms with Gasteiger partial charge in [-0.25, -0.2) is 0 Å². The molecule has 1 aliphatic heterocycles. The van der Waals surface area contributed by atoms with Crippen molar-refractivity contribution in [3.8, 4) is 11.5 Å². The Morgan fingerprint density at radius 3 is 2.36 bits per heavy atom. The van der Waals surface area contributed by atoms with Gasteiger partial charge in [-0.1, -0.05) is 75.9 Å². The van der Waals surface area contributed by atoms with E-state index in [1.165, 1.54) is 36.8 Å². The number of hydrogen-bond donors (Lipinski definition) is 1. The minimum Gasteiger partial charge on any atom is -0.543 e. The maximum absolute atomic E-state index is 9.98. The van der Waals surface area contributed by atoms with Crippen LogP contribution in [-0.2, 0) is 5.41 Å². The molecule has 3 nitrogen and oxygen atoms in total. The van der Waals surface area contributed by atoms with E-state index in [2.05, 4.69) is 95.7 Å². The third-order valence-corrected chi connectivity index (χ3v) is 14.1. The second-order valence-corrected chi connectivity index (χ2v) is 19.4. The highest BCUT2D eigenvalue weighted by Crippen LogP contribution is 2.56. The lowest BCUT2D eigenvalue weighted by atomic mass is 9.66. The van der Waals surface area contributed by atoms with Crippen molar-refractivity contribution in [2.24, 2.45) is 5.92 Å². The van der Waals surface area contributed by atoms with Gasteiger partial charge in [-0.15, -0.1) is 0 Å². The Hall–Kier alpha value is -0.783. The Morgan fingerprint density at radius 2 is 1.75 bits per heavy atom. The molecule has 0 amide bonds. The van der Waals surface area contributed by atoms with Crippen LogP contribution in [0.5, 0.6) is 11.5 Å². The first-order valence-electron chi connectivity index (χ1n) is 14.0. The van der Waals surface area contributed by atoms with E-state index in [1.54, 1.807) is 0 Å². The number of aliphatic hydroxyl groups excluding tert-OH is 1. The average molecular weight is 580 g/mol. The molecule has 5 heteroatoms. The van der Waals surface area contributed by atoms with Gasteiger partial charge in [0.05, 0.1) is 6.61 Å². The fourth-order valence-electron chi connectivity index (χ4n) is 5.64. The molecule has 0 radical (unpaired) electrons. The third kappa shape index (κ3) is 6.43. The first-order chi connectivity index (χ1) is 16.6. The van der Waals surface area contributed by atoms with Crippen molar-refractivity contribution < 1.29 is 14.3 Å². The summed E-state index contributed by atoms with van der Waals surface area (Å²) >= 11 is 3.56. The lowest BCUT2D eigenvalue weighted by Crippen LogP contribution is -2.47. The molecule has 1 aliphatic carbocycles. The molecule has 0 bridgehead atoms. The van der Waals surface area contributed by atoms with E-state index in [4.69, 9.17) is 9.16 Å². The summed E-state index contributed by atoms with van der Waals surface area (Å²) in [5.74, 6) is 2.71. The SMILES string of the molecule is CC(C)(CCCCCCBr)c1cc2c(c(O[Si](C)(C)C(C)(C)C)c1)[C@H]1CC(CO)=CC[C@H]1C(C)(C)O2. The standard InChI is InChI=1S/C31H51BrO3Si/c1-29(2,3)36(8,9)35-27-20-23(30(4,5)16-12-10-11-13-17-32)19-26-28(27)24-18-22(21-33)14-15-25(24)31(6,7)34-26/h14,19-20,24-25,33H,10-13,15-18,21H2,1-9H3/t24-,25+/m0/s1. The fourth-order valence-corrected chi connectivity index (χ4v) is 7.06. The molecular weight excluding hydrogens is 528 g/mol. The smallest absolute Gasteiger partial charge is 0.250 e. The molecule has 1 aromatic carbocycles. The first kappa shape index (κ1) is 29.8. The van der Waals surface area contributed by atoms with Crippen LogP contribution in [0.1, 0.15) is 110 Å². The van der Waals surface area contributed by atoms with E-state index < -0.39 is 8.32 Å². The van der Waals surface area contributed by atoms with Crippen molar-refractivity contribution in [2.75, 3.05) is 11.9 Å². The van der Waals surface area contributed by atoms with Gasteiger partial charge in [-0.2, -0.15) is 0 Å². The second kappa shape index (κ2) is 11.1. The van der Waals surface area contributed by atoms with Gasteiger partial charge < -0.3 is 14.3 Å². The van der Waals surface area contributed by atoms with Crippen LogP contribution in [0.2, 0.25) is 18.1 Å². The zero-order valence-corrected chi connectivity index (χ0v) is 27.0. The van der Waals surface area contributed by atoms with Crippen molar-refractivity contribution >= 4 is 24.2 Å². The highest BCUT2D eigenvalue weighted by Gasteiger charge is 2.48. The predicted octanol–water partition coefficient (Wildman–Crippen LogP) is 9.28. The Morgan fingerprint density at radius 1 is 1.08 bits per heavy atom. The molecule has 2 atom stereocenters. The summed E-state index contributed by atoms with van der Waals surface area (Å²) in [5.41, 5.74) is 3.48. The van der Waals surface area contributed by atoms with Gasteiger partial charge in [0.1, 0.15) is 17.1 Å². The maximum Gasteiger partial charge on any atom is 0.250 e. The topological polar surface area (TPSA) is 38.7 Å². The van der Waals surface area contributed by atoms with Gasteiger partial charge in [0.15, 0.2) is 0 Å². The van der Waals surface area contributed by atoms with Crippen LogP contribution in [0.15, 0.2) is 23.8 Å². The number of hydrogen-bond acceptors (Lipinski definition) is 3. The van der Waals surface area contributed by atoms with Crippen molar-refractivity contribution in [3.05, 3.63) is 34.9 Å². The molecule has 3 rings (SSSR count). The van der Waals surface area contributed by atoms with Gasteiger partial charge in [-0.3, -0.25) is 0 Å². The minimum absolute atomic E-state index is 0.0437. The molecule has 36 heavy (non-hydrogen) atoms. The van der Waals surface area contributed by atoms with Gasteiger partial charge >= 0.3 is 0 Å². The Bertz CT molecular complexity index is 942.